The molecule has 1 aliphatic heterocycles. The van der Waals surface area contributed by atoms with Crippen molar-refractivity contribution in [3.63, 3.8) is 0 Å². The van der Waals surface area contributed by atoms with E-state index in [0.29, 0.717) is 19.7 Å². The zero-order valence-electron chi connectivity index (χ0n) is 17.0. The van der Waals surface area contributed by atoms with Crippen molar-refractivity contribution in [2.24, 2.45) is 4.99 Å². The number of rotatable bonds is 4. The molecule has 0 unspecified atom stereocenters. The van der Waals surface area contributed by atoms with Crippen LogP contribution in [0.3, 0.4) is 0 Å². The molecular formula is C19H32IN5O2. The van der Waals surface area contributed by atoms with Crippen LogP contribution in [0.1, 0.15) is 18.1 Å². The van der Waals surface area contributed by atoms with Crippen LogP contribution in [0.25, 0.3) is 0 Å². The summed E-state index contributed by atoms with van der Waals surface area (Å²) in [6.07, 6.45) is -0.230. The van der Waals surface area contributed by atoms with Crippen LogP contribution in [0, 0.1) is 6.92 Å². The molecule has 1 aliphatic rings. The van der Waals surface area contributed by atoms with Gasteiger partial charge in [-0.3, -0.25) is 4.99 Å². The number of amides is 1. The summed E-state index contributed by atoms with van der Waals surface area (Å²) in [5.41, 5.74) is 3.71. The molecule has 0 aromatic heterocycles. The van der Waals surface area contributed by atoms with Gasteiger partial charge in [-0.2, -0.15) is 0 Å². The first-order valence-electron chi connectivity index (χ1n) is 9.10. The molecule has 27 heavy (non-hydrogen) atoms. The fraction of sp³-hybridized carbons (Fsp3) is 0.579. The lowest BCUT2D eigenvalue weighted by Crippen LogP contribution is -2.53. The highest BCUT2D eigenvalue weighted by Gasteiger charge is 2.23. The summed E-state index contributed by atoms with van der Waals surface area (Å²) in [5.74, 6) is 0.865. The van der Waals surface area contributed by atoms with Crippen molar-refractivity contribution < 1.29 is 9.53 Å². The van der Waals surface area contributed by atoms with Crippen LogP contribution in [-0.4, -0.2) is 75.8 Å². The highest BCUT2D eigenvalue weighted by molar-refractivity contribution is 14.0. The Hall–Kier alpha value is -1.71. The van der Waals surface area contributed by atoms with Crippen molar-refractivity contribution >= 4 is 41.7 Å². The predicted molar refractivity (Wildman–Crippen MR) is 121 cm³/mol. The standard InChI is InChI=1S/C19H31N5O2.HI/c1-6-26-19(25)24-11-9-23(10-12-24)18(20-3)21-14-16-7-8-17(22(4)5)13-15(16)2;/h7-8,13H,6,9-12,14H2,1-5H3,(H,20,21);1H. The number of carbonyl (C=O) groups excluding carboxylic acids is 1. The molecule has 0 aliphatic carbocycles. The Morgan fingerprint density at radius 2 is 1.85 bits per heavy atom. The smallest absolute Gasteiger partial charge is 0.409 e. The van der Waals surface area contributed by atoms with Gasteiger partial charge in [-0.15, -0.1) is 24.0 Å². The average molecular weight is 489 g/mol. The second-order valence-electron chi connectivity index (χ2n) is 6.58. The van der Waals surface area contributed by atoms with E-state index in [1.54, 1.807) is 11.9 Å². The third-order valence-electron chi connectivity index (χ3n) is 4.60. The van der Waals surface area contributed by atoms with E-state index in [2.05, 4.69) is 45.2 Å². The van der Waals surface area contributed by atoms with Gasteiger partial charge in [0.2, 0.25) is 0 Å². The Kier molecular flexibility index (Phi) is 9.68. The van der Waals surface area contributed by atoms with Gasteiger partial charge in [0, 0.05) is 59.6 Å². The minimum atomic E-state index is -0.230. The number of hydrogen-bond donors (Lipinski definition) is 1. The Morgan fingerprint density at radius 3 is 2.37 bits per heavy atom. The fourth-order valence-electron chi connectivity index (χ4n) is 2.98. The molecule has 0 saturated carbocycles. The number of hydrogen-bond acceptors (Lipinski definition) is 4. The number of ether oxygens (including phenoxy) is 1. The Balaban J connectivity index is 0.00000364. The number of guanidine groups is 1. The van der Waals surface area contributed by atoms with E-state index >= 15 is 0 Å². The summed E-state index contributed by atoms with van der Waals surface area (Å²) in [6, 6.07) is 6.48. The number of aliphatic imine (C=N–C) groups is 1. The molecule has 0 spiro atoms. The molecule has 7 nitrogen and oxygen atoms in total. The van der Waals surface area contributed by atoms with Gasteiger partial charge in [-0.25, -0.2) is 4.79 Å². The molecule has 1 amide bonds. The van der Waals surface area contributed by atoms with Gasteiger partial charge in [0.1, 0.15) is 0 Å². The van der Waals surface area contributed by atoms with E-state index < -0.39 is 0 Å². The predicted octanol–water partition coefficient (Wildman–Crippen LogP) is 2.53. The maximum Gasteiger partial charge on any atom is 0.409 e. The lowest BCUT2D eigenvalue weighted by molar-refractivity contribution is 0.0914. The summed E-state index contributed by atoms with van der Waals surface area (Å²) in [4.78, 5) is 22.2. The van der Waals surface area contributed by atoms with E-state index in [1.807, 2.05) is 21.0 Å². The average Bonchev–Trinajstić information content (AvgIpc) is 2.63. The second-order valence-corrected chi connectivity index (χ2v) is 6.58. The SMILES string of the molecule is CCOC(=O)N1CCN(C(=NC)NCc2ccc(N(C)C)cc2C)CC1.I. The summed E-state index contributed by atoms with van der Waals surface area (Å²) in [6.45, 7) is 7.89. The van der Waals surface area contributed by atoms with Crippen LogP contribution in [0.15, 0.2) is 23.2 Å². The van der Waals surface area contributed by atoms with Gasteiger partial charge in [-0.1, -0.05) is 6.07 Å². The van der Waals surface area contributed by atoms with Gasteiger partial charge in [0.25, 0.3) is 0 Å². The van der Waals surface area contributed by atoms with Crippen LogP contribution in [0.4, 0.5) is 10.5 Å². The minimum Gasteiger partial charge on any atom is -0.450 e. The third-order valence-corrected chi connectivity index (χ3v) is 4.60. The first-order chi connectivity index (χ1) is 12.5. The van der Waals surface area contributed by atoms with Crippen LogP contribution >= 0.6 is 24.0 Å². The summed E-state index contributed by atoms with van der Waals surface area (Å²) >= 11 is 0. The molecule has 1 N–H and O–H groups in total. The van der Waals surface area contributed by atoms with Gasteiger partial charge in [0.05, 0.1) is 6.61 Å². The number of nitrogens with one attached hydrogen (secondary N) is 1. The molecule has 1 fully saturated rings. The maximum absolute atomic E-state index is 11.8. The zero-order chi connectivity index (χ0) is 19.1. The number of carbonyl (C=O) groups is 1. The van der Waals surface area contributed by atoms with Gasteiger partial charge < -0.3 is 24.8 Å². The van der Waals surface area contributed by atoms with E-state index in [4.69, 9.17) is 4.74 Å². The van der Waals surface area contributed by atoms with Crippen molar-refractivity contribution in [3.05, 3.63) is 29.3 Å². The summed E-state index contributed by atoms with van der Waals surface area (Å²) in [5, 5.41) is 3.44. The molecule has 2 rings (SSSR count). The Labute approximate surface area is 179 Å². The summed E-state index contributed by atoms with van der Waals surface area (Å²) < 4.78 is 5.07. The second kappa shape index (κ2) is 11.2. The number of anilines is 1. The largest absolute Gasteiger partial charge is 0.450 e. The zero-order valence-corrected chi connectivity index (χ0v) is 19.3. The molecule has 8 heteroatoms. The van der Waals surface area contributed by atoms with E-state index in [0.717, 1.165) is 25.6 Å². The molecule has 1 saturated heterocycles. The number of aryl methyl sites for hydroxylation is 1. The fourth-order valence-corrected chi connectivity index (χ4v) is 2.98. The van der Waals surface area contributed by atoms with Crippen molar-refractivity contribution in [2.75, 3.05) is 58.8 Å². The molecule has 1 aromatic carbocycles. The lowest BCUT2D eigenvalue weighted by Gasteiger charge is -2.35. The molecule has 1 heterocycles. The van der Waals surface area contributed by atoms with Crippen molar-refractivity contribution in [1.82, 2.24) is 15.1 Å². The van der Waals surface area contributed by atoms with Crippen molar-refractivity contribution in [3.8, 4) is 0 Å². The highest BCUT2D eigenvalue weighted by atomic mass is 127. The molecule has 0 atom stereocenters. The Morgan fingerprint density at radius 1 is 1.22 bits per heavy atom. The van der Waals surface area contributed by atoms with Crippen LogP contribution in [0.5, 0.6) is 0 Å². The van der Waals surface area contributed by atoms with E-state index in [-0.39, 0.29) is 30.1 Å². The summed E-state index contributed by atoms with van der Waals surface area (Å²) in [7, 11) is 5.89. The number of benzene rings is 1. The van der Waals surface area contributed by atoms with Crippen molar-refractivity contribution in [2.45, 2.75) is 20.4 Å². The lowest BCUT2D eigenvalue weighted by atomic mass is 10.1. The maximum atomic E-state index is 11.8. The van der Waals surface area contributed by atoms with Crippen molar-refractivity contribution in [1.29, 1.82) is 0 Å². The number of piperazine rings is 1. The molecule has 1 aromatic rings. The van der Waals surface area contributed by atoms with Gasteiger partial charge in [-0.05, 0) is 37.1 Å². The minimum absolute atomic E-state index is 0. The normalized spacial score (nSPS) is 14.5. The van der Waals surface area contributed by atoms with Crippen LogP contribution in [-0.2, 0) is 11.3 Å². The molecule has 0 bridgehead atoms. The van der Waals surface area contributed by atoms with Gasteiger partial charge in [0.15, 0.2) is 5.96 Å². The number of halogens is 1. The molecular weight excluding hydrogens is 457 g/mol. The van der Waals surface area contributed by atoms with E-state index in [9.17, 15) is 4.79 Å². The number of nitrogens with zero attached hydrogens (tertiary/aromatic N) is 4. The molecule has 0 radical (unpaired) electrons. The first-order valence-corrected chi connectivity index (χ1v) is 9.10. The highest BCUT2D eigenvalue weighted by Crippen LogP contribution is 2.17. The monoisotopic (exact) mass is 489 g/mol. The van der Waals surface area contributed by atoms with E-state index in [1.165, 1.54) is 16.8 Å². The molecule has 152 valence electrons. The van der Waals surface area contributed by atoms with Crippen LogP contribution < -0.4 is 10.2 Å². The van der Waals surface area contributed by atoms with Crippen LogP contribution in [0.2, 0.25) is 0 Å². The first kappa shape index (κ1) is 23.3. The third kappa shape index (κ3) is 6.44. The quantitative estimate of drug-likeness (QED) is 0.400. The Bertz CT molecular complexity index is 643. The van der Waals surface area contributed by atoms with Gasteiger partial charge >= 0.3 is 6.09 Å². The topological polar surface area (TPSA) is 60.4 Å².